The highest BCUT2D eigenvalue weighted by molar-refractivity contribution is 9.10. The molecule has 128 valence electrons. The Morgan fingerprint density at radius 1 is 1.00 bits per heavy atom. The van der Waals surface area contributed by atoms with Gasteiger partial charge in [-0.15, -0.1) is 0 Å². The van der Waals surface area contributed by atoms with Gasteiger partial charge in [0.05, 0.1) is 10.5 Å². The highest BCUT2D eigenvalue weighted by atomic mass is 79.9. The molecule has 0 N–H and O–H groups in total. The van der Waals surface area contributed by atoms with Crippen LogP contribution in [0.4, 0.5) is 0 Å². The number of rotatable bonds is 3. The van der Waals surface area contributed by atoms with Crippen molar-refractivity contribution in [1.29, 1.82) is 0 Å². The number of hydrogen-bond acceptors (Lipinski definition) is 4. The van der Waals surface area contributed by atoms with Gasteiger partial charge in [0.2, 0.25) is 0 Å². The number of benzene rings is 2. The monoisotopic (exact) mass is 410 g/mol. The van der Waals surface area contributed by atoms with Crippen molar-refractivity contribution in [2.75, 3.05) is 6.26 Å². The van der Waals surface area contributed by atoms with Crippen molar-refractivity contribution in [3.05, 3.63) is 52.5 Å². The second-order valence-corrected chi connectivity index (χ2v) is 9.46. The van der Waals surface area contributed by atoms with Gasteiger partial charge in [-0.1, -0.05) is 28.1 Å². The molecule has 0 aliphatic rings. The van der Waals surface area contributed by atoms with Crippen LogP contribution >= 0.6 is 15.9 Å². The molecule has 0 aliphatic heterocycles. The zero-order valence-electron chi connectivity index (χ0n) is 14.0. The maximum Gasteiger partial charge on any atom is 0.338 e. The van der Waals surface area contributed by atoms with Gasteiger partial charge in [-0.05, 0) is 62.2 Å². The molecule has 0 radical (unpaired) electrons. The van der Waals surface area contributed by atoms with Gasteiger partial charge in [-0.3, -0.25) is 0 Å². The van der Waals surface area contributed by atoms with Gasteiger partial charge in [0, 0.05) is 10.7 Å². The number of ether oxygens (including phenoxy) is 1. The number of esters is 1. The molecule has 2 aromatic carbocycles. The molecule has 0 saturated heterocycles. The Kier molecular flexibility index (Phi) is 5.20. The maximum atomic E-state index is 12.3. The molecule has 2 aromatic rings. The molecule has 0 saturated carbocycles. The minimum atomic E-state index is -3.24. The molecule has 6 heteroatoms. The summed E-state index contributed by atoms with van der Waals surface area (Å²) in [7, 11) is -3.24. The van der Waals surface area contributed by atoms with Crippen LogP contribution in [0, 0.1) is 0 Å². The highest BCUT2D eigenvalue weighted by Gasteiger charge is 2.19. The average Bonchev–Trinajstić information content (AvgIpc) is 2.44. The van der Waals surface area contributed by atoms with E-state index in [9.17, 15) is 13.2 Å². The van der Waals surface area contributed by atoms with E-state index in [0.717, 1.165) is 15.6 Å². The standard InChI is InChI=1S/C18H19BrO4S/c1-18(2,3)23-17(20)14-9-13(10-15(19)11-14)12-5-7-16(8-6-12)24(4,21)22/h5-11H,1-4H3. The summed E-state index contributed by atoms with van der Waals surface area (Å²) in [6, 6.07) is 11.8. The molecule has 4 nitrogen and oxygen atoms in total. The van der Waals surface area contributed by atoms with E-state index in [4.69, 9.17) is 4.74 Å². The zero-order valence-corrected chi connectivity index (χ0v) is 16.4. The van der Waals surface area contributed by atoms with E-state index in [0.29, 0.717) is 5.56 Å². The molecule has 24 heavy (non-hydrogen) atoms. The Morgan fingerprint density at radius 3 is 2.08 bits per heavy atom. The lowest BCUT2D eigenvalue weighted by molar-refractivity contribution is 0.00695. The van der Waals surface area contributed by atoms with Gasteiger partial charge in [-0.25, -0.2) is 13.2 Å². The lowest BCUT2D eigenvalue weighted by atomic mass is 10.0. The minimum Gasteiger partial charge on any atom is -0.456 e. The third-order valence-electron chi connectivity index (χ3n) is 3.15. The molecule has 0 bridgehead atoms. The van der Waals surface area contributed by atoms with Gasteiger partial charge in [0.15, 0.2) is 9.84 Å². The Bertz CT molecular complexity index is 863. The van der Waals surface area contributed by atoms with E-state index < -0.39 is 21.4 Å². The van der Waals surface area contributed by atoms with Crippen LogP contribution in [0.2, 0.25) is 0 Å². The first-order chi connectivity index (χ1) is 11.0. The van der Waals surface area contributed by atoms with Gasteiger partial charge >= 0.3 is 5.97 Å². The first-order valence-corrected chi connectivity index (χ1v) is 9.98. The van der Waals surface area contributed by atoms with Crippen LogP contribution in [0.3, 0.4) is 0 Å². The smallest absolute Gasteiger partial charge is 0.338 e. The fourth-order valence-electron chi connectivity index (χ4n) is 2.11. The molecule has 0 amide bonds. The Labute approximate surface area is 150 Å². The third kappa shape index (κ3) is 4.92. The fourth-order valence-corrected chi connectivity index (χ4v) is 3.23. The number of sulfone groups is 1. The summed E-state index contributed by atoms with van der Waals surface area (Å²) in [6.07, 6.45) is 1.17. The molecular weight excluding hydrogens is 392 g/mol. The molecule has 0 atom stereocenters. The topological polar surface area (TPSA) is 60.4 Å². The summed E-state index contributed by atoms with van der Waals surface area (Å²) in [6.45, 7) is 5.44. The van der Waals surface area contributed by atoms with Gasteiger partial charge in [0.1, 0.15) is 5.60 Å². The molecule has 0 heterocycles. The molecular formula is C18H19BrO4S. The number of carbonyl (C=O) groups is 1. The van der Waals surface area contributed by atoms with Crippen LogP contribution in [-0.2, 0) is 14.6 Å². The van der Waals surface area contributed by atoms with Crippen LogP contribution in [-0.4, -0.2) is 26.2 Å². The lowest BCUT2D eigenvalue weighted by Crippen LogP contribution is -2.23. The number of halogens is 1. The average molecular weight is 411 g/mol. The van der Waals surface area contributed by atoms with Crippen molar-refractivity contribution in [3.8, 4) is 11.1 Å². The summed E-state index contributed by atoms with van der Waals surface area (Å²) < 4.78 is 29.2. The summed E-state index contributed by atoms with van der Waals surface area (Å²) in [5.74, 6) is -0.405. The maximum absolute atomic E-state index is 12.3. The normalized spacial score (nSPS) is 12.0. The van der Waals surface area contributed by atoms with Gasteiger partial charge in [-0.2, -0.15) is 0 Å². The van der Waals surface area contributed by atoms with Crippen LogP contribution in [0.5, 0.6) is 0 Å². The van der Waals surface area contributed by atoms with E-state index in [1.54, 1.807) is 36.4 Å². The molecule has 0 spiro atoms. The van der Waals surface area contributed by atoms with Crippen molar-refractivity contribution in [3.63, 3.8) is 0 Å². The van der Waals surface area contributed by atoms with Crippen molar-refractivity contribution in [2.45, 2.75) is 31.3 Å². The van der Waals surface area contributed by atoms with Crippen molar-refractivity contribution < 1.29 is 17.9 Å². The minimum absolute atomic E-state index is 0.258. The summed E-state index contributed by atoms with van der Waals surface area (Å²) >= 11 is 3.40. The predicted octanol–water partition coefficient (Wildman–Crippen LogP) is 4.47. The summed E-state index contributed by atoms with van der Waals surface area (Å²) in [4.78, 5) is 12.5. The van der Waals surface area contributed by atoms with Gasteiger partial charge in [0.25, 0.3) is 0 Å². The summed E-state index contributed by atoms with van der Waals surface area (Å²) in [5, 5.41) is 0. The van der Waals surface area contributed by atoms with Crippen LogP contribution in [0.1, 0.15) is 31.1 Å². The molecule has 0 fully saturated rings. The van der Waals surface area contributed by atoms with E-state index >= 15 is 0 Å². The lowest BCUT2D eigenvalue weighted by Gasteiger charge is -2.19. The van der Waals surface area contributed by atoms with E-state index in [2.05, 4.69) is 15.9 Å². The molecule has 0 unspecified atom stereocenters. The first kappa shape index (κ1) is 18.7. The predicted molar refractivity (Wildman–Crippen MR) is 97.9 cm³/mol. The first-order valence-electron chi connectivity index (χ1n) is 7.30. The van der Waals surface area contributed by atoms with Crippen LogP contribution in [0.15, 0.2) is 51.8 Å². The Balaban J connectivity index is 2.40. The molecule has 0 aromatic heterocycles. The van der Waals surface area contributed by atoms with Crippen molar-refractivity contribution >= 4 is 31.7 Å². The highest BCUT2D eigenvalue weighted by Crippen LogP contribution is 2.27. The third-order valence-corrected chi connectivity index (χ3v) is 4.73. The molecule has 0 aliphatic carbocycles. The second kappa shape index (κ2) is 6.69. The fraction of sp³-hybridized carbons (Fsp3) is 0.278. The van der Waals surface area contributed by atoms with Crippen LogP contribution in [0.25, 0.3) is 11.1 Å². The summed E-state index contributed by atoms with van der Waals surface area (Å²) in [5.41, 5.74) is 1.47. The largest absolute Gasteiger partial charge is 0.456 e. The Morgan fingerprint density at radius 2 is 1.58 bits per heavy atom. The Hall–Kier alpha value is -1.66. The van der Waals surface area contributed by atoms with E-state index in [1.807, 2.05) is 26.8 Å². The quantitative estimate of drug-likeness (QED) is 0.699. The number of carbonyl (C=O) groups excluding carboxylic acids is 1. The zero-order chi connectivity index (χ0) is 18.1. The van der Waals surface area contributed by atoms with E-state index in [-0.39, 0.29) is 4.90 Å². The molecule has 2 rings (SSSR count). The van der Waals surface area contributed by atoms with Crippen molar-refractivity contribution in [2.24, 2.45) is 0 Å². The second-order valence-electron chi connectivity index (χ2n) is 6.53. The van der Waals surface area contributed by atoms with Crippen LogP contribution < -0.4 is 0 Å². The van der Waals surface area contributed by atoms with Crippen molar-refractivity contribution in [1.82, 2.24) is 0 Å². The van der Waals surface area contributed by atoms with Gasteiger partial charge < -0.3 is 4.74 Å². The van der Waals surface area contributed by atoms with E-state index in [1.165, 1.54) is 6.26 Å². The number of hydrogen-bond donors (Lipinski definition) is 0. The SMILES string of the molecule is CC(C)(C)OC(=O)c1cc(Br)cc(-c2ccc(S(C)(=O)=O)cc2)c1.